The quantitative estimate of drug-likeness (QED) is 0.839. The molecule has 2 rings (SSSR count). The molecule has 0 amide bonds. The molecule has 0 atom stereocenters. The summed E-state index contributed by atoms with van der Waals surface area (Å²) in [5.41, 5.74) is 8.82. The second-order valence-electron chi connectivity index (χ2n) is 4.42. The molecule has 0 bridgehead atoms. The van der Waals surface area contributed by atoms with Crippen LogP contribution in [0, 0.1) is 5.82 Å². The first kappa shape index (κ1) is 13.7. The monoisotopic (exact) mass is 323 g/mol. The topological polar surface area (TPSA) is 41.3 Å². The summed E-state index contributed by atoms with van der Waals surface area (Å²) in [5.74, 6) is -0.370. The molecule has 0 fully saturated rings. The van der Waals surface area contributed by atoms with Gasteiger partial charge >= 0.3 is 0 Å². The molecule has 0 saturated carbocycles. The van der Waals surface area contributed by atoms with Crippen LogP contribution in [0.15, 0.2) is 40.9 Å². The van der Waals surface area contributed by atoms with Gasteiger partial charge in [0.2, 0.25) is 0 Å². The third-order valence-electron chi connectivity index (χ3n) is 2.73. The Morgan fingerprint density at radius 2 is 1.95 bits per heavy atom. The molecular formula is C14H15BrFN3. The second kappa shape index (κ2) is 5.48. The Morgan fingerprint density at radius 3 is 2.63 bits per heavy atom. The lowest BCUT2D eigenvalue weighted by molar-refractivity contribution is 0.622. The highest BCUT2D eigenvalue weighted by Crippen LogP contribution is 2.30. The van der Waals surface area contributed by atoms with E-state index in [0.29, 0.717) is 15.8 Å². The number of hydrogen-bond acceptors (Lipinski definition) is 3. The van der Waals surface area contributed by atoms with E-state index in [1.165, 1.54) is 6.07 Å². The fraction of sp³-hybridized carbons (Fsp3) is 0.143. The number of nitrogens with zero attached hydrogens (tertiary/aromatic N) is 1. The molecule has 0 aromatic heterocycles. The average molecular weight is 324 g/mol. The van der Waals surface area contributed by atoms with Crippen molar-refractivity contribution in [3.8, 4) is 0 Å². The van der Waals surface area contributed by atoms with E-state index in [1.807, 2.05) is 43.3 Å². The minimum Gasteiger partial charge on any atom is -0.397 e. The van der Waals surface area contributed by atoms with Crippen molar-refractivity contribution >= 4 is 38.7 Å². The Hall–Kier alpha value is -1.75. The van der Waals surface area contributed by atoms with Gasteiger partial charge in [0.05, 0.1) is 15.8 Å². The largest absolute Gasteiger partial charge is 0.397 e. The maximum absolute atomic E-state index is 13.3. The lowest BCUT2D eigenvalue weighted by atomic mass is 10.2. The fourth-order valence-electron chi connectivity index (χ4n) is 1.69. The molecule has 0 aliphatic carbocycles. The van der Waals surface area contributed by atoms with Crippen molar-refractivity contribution in [1.29, 1.82) is 0 Å². The summed E-state index contributed by atoms with van der Waals surface area (Å²) in [4.78, 5) is 2.01. The van der Waals surface area contributed by atoms with Gasteiger partial charge in [-0.3, -0.25) is 0 Å². The van der Waals surface area contributed by atoms with Gasteiger partial charge in [-0.1, -0.05) is 6.07 Å². The van der Waals surface area contributed by atoms with E-state index in [2.05, 4.69) is 21.2 Å². The van der Waals surface area contributed by atoms with E-state index in [1.54, 1.807) is 6.07 Å². The van der Waals surface area contributed by atoms with Crippen molar-refractivity contribution in [1.82, 2.24) is 0 Å². The number of halogens is 2. The molecule has 3 nitrogen and oxygen atoms in total. The highest BCUT2D eigenvalue weighted by Gasteiger charge is 2.06. The van der Waals surface area contributed by atoms with E-state index in [-0.39, 0.29) is 5.82 Å². The van der Waals surface area contributed by atoms with Crippen molar-refractivity contribution in [2.75, 3.05) is 30.0 Å². The Kier molecular flexibility index (Phi) is 3.95. The first-order valence-corrected chi connectivity index (χ1v) is 6.55. The van der Waals surface area contributed by atoms with Gasteiger partial charge < -0.3 is 16.0 Å². The molecule has 19 heavy (non-hydrogen) atoms. The lowest BCUT2D eigenvalue weighted by Gasteiger charge is -2.15. The van der Waals surface area contributed by atoms with Gasteiger partial charge in [-0.05, 0) is 40.2 Å². The summed E-state index contributed by atoms with van der Waals surface area (Å²) in [6.07, 6.45) is 0. The fourth-order valence-corrected chi connectivity index (χ4v) is 2.03. The van der Waals surface area contributed by atoms with E-state index in [0.717, 1.165) is 11.4 Å². The normalized spacial score (nSPS) is 10.3. The van der Waals surface area contributed by atoms with Gasteiger partial charge in [-0.2, -0.15) is 0 Å². The third kappa shape index (κ3) is 3.17. The van der Waals surface area contributed by atoms with Crippen molar-refractivity contribution in [3.63, 3.8) is 0 Å². The Labute approximate surface area is 120 Å². The number of nitrogen functional groups attached to an aromatic ring is 1. The molecule has 0 unspecified atom stereocenters. The van der Waals surface area contributed by atoms with Gasteiger partial charge in [0.1, 0.15) is 5.82 Å². The van der Waals surface area contributed by atoms with Gasteiger partial charge in [-0.25, -0.2) is 4.39 Å². The first-order chi connectivity index (χ1) is 8.97. The molecule has 0 spiro atoms. The Balaban J connectivity index is 2.31. The van der Waals surface area contributed by atoms with Crippen LogP contribution in [-0.2, 0) is 0 Å². The van der Waals surface area contributed by atoms with Crippen LogP contribution in [0.4, 0.5) is 27.1 Å². The molecule has 3 N–H and O–H groups in total. The van der Waals surface area contributed by atoms with Crippen LogP contribution in [0.25, 0.3) is 0 Å². The SMILES string of the molecule is CN(C)c1cccc(Nc2cc(Br)c(F)cc2N)c1. The number of rotatable bonds is 3. The molecule has 2 aromatic carbocycles. The van der Waals surface area contributed by atoms with Crippen LogP contribution in [-0.4, -0.2) is 14.1 Å². The number of nitrogens with one attached hydrogen (secondary N) is 1. The molecule has 100 valence electrons. The number of anilines is 4. The van der Waals surface area contributed by atoms with Crippen LogP contribution in [0.3, 0.4) is 0 Å². The van der Waals surface area contributed by atoms with Crippen molar-refractivity contribution < 1.29 is 4.39 Å². The standard InChI is InChI=1S/C14H15BrFN3/c1-19(2)10-5-3-4-9(6-10)18-14-7-11(15)12(16)8-13(14)17/h3-8,18H,17H2,1-2H3. The van der Waals surface area contributed by atoms with E-state index in [9.17, 15) is 4.39 Å². The van der Waals surface area contributed by atoms with Crippen LogP contribution in [0.5, 0.6) is 0 Å². The minimum absolute atomic E-state index is 0.370. The molecule has 2 aromatic rings. The van der Waals surface area contributed by atoms with Gasteiger partial charge in [0.25, 0.3) is 0 Å². The highest BCUT2D eigenvalue weighted by atomic mass is 79.9. The molecule has 0 saturated heterocycles. The molecule has 0 heterocycles. The van der Waals surface area contributed by atoms with Crippen LogP contribution in [0.1, 0.15) is 0 Å². The minimum atomic E-state index is -0.370. The van der Waals surface area contributed by atoms with Crippen molar-refractivity contribution in [3.05, 3.63) is 46.7 Å². The summed E-state index contributed by atoms with van der Waals surface area (Å²) < 4.78 is 13.7. The third-order valence-corrected chi connectivity index (χ3v) is 3.34. The zero-order chi connectivity index (χ0) is 14.0. The molecule has 0 radical (unpaired) electrons. The summed E-state index contributed by atoms with van der Waals surface area (Å²) in [6, 6.07) is 10.8. The molecular weight excluding hydrogens is 309 g/mol. The van der Waals surface area contributed by atoms with Crippen molar-refractivity contribution in [2.24, 2.45) is 0 Å². The maximum Gasteiger partial charge on any atom is 0.139 e. The van der Waals surface area contributed by atoms with E-state index < -0.39 is 0 Å². The smallest absolute Gasteiger partial charge is 0.139 e. The zero-order valence-electron chi connectivity index (χ0n) is 10.7. The van der Waals surface area contributed by atoms with Crippen LogP contribution >= 0.6 is 15.9 Å². The highest BCUT2D eigenvalue weighted by molar-refractivity contribution is 9.10. The number of hydrogen-bond donors (Lipinski definition) is 2. The van der Waals surface area contributed by atoms with E-state index >= 15 is 0 Å². The average Bonchev–Trinajstić information content (AvgIpc) is 2.36. The summed E-state index contributed by atoms with van der Waals surface area (Å²) in [5, 5.41) is 3.19. The molecule has 5 heteroatoms. The predicted octanol–water partition coefficient (Wildman–Crippen LogP) is 3.98. The Morgan fingerprint density at radius 1 is 1.21 bits per heavy atom. The predicted molar refractivity (Wildman–Crippen MR) is 82.6 cm³/mol. The van der Waals surface area contributed by atoms with Gasteiger partial charge in [0.15, 0.2) is 0 Å². The molecule has 0 aliphatic rings. The zero-order valence-corrected chi connectivity index (χ0v) is 12.3. The number of nitrogens with two attached hydrogens (primary N) is 1. The van der Waals surface area contributed by atoms with Crippen LogP contribution < -0.4 is 16.0 Å². The van der Waals surface area contributed by atoms with Crippen molar-refractivity contribution in [2.45, 2.75) is 0 Å². The summed E-state index contributed by atoms with van der Waals surface area (Å²) in [7, 11) is 3.95. The first-order valence-electron chi connectivity index (χ1n) is 5.76. The van der Waals surface area contributed by atoms with Gasteiger partial charge in [-0.15, -0.1) is 0 Å². The second-order valence-corrected chi connectivity index (χ2v) is 5.28. The summed E-state index contributed by atoms with van der Waals surface area (Å²) >= 11 is 3.15. The summed E-state index contributed by atoms with van der Waals surface area (Å²) in [6.45, 7) is 0. The maximum atomic E-state index is 13.3. The van der Waals surface area contributed by atoms with Crippen LogP contribution in [0.2, 0.25) is 0 Å². The molecule has 0 aliphatic heterocycles. The Bertz CT molecular complexity index is 599. The van der Waals surface area contributed by atoms with E-state index in [4.69, 9.17) is 5.73 Å². The number of benzene rings is 2. The van der Waals surface area contributed by atoms with Gasteiger partial charge in [0, 0.05) is 31.5 Å². The lowest BCUT2D eigenvalue weighted by Crippen LogP contribution is -2.08.